The molecule has 0 aliphatic heterocycles. The van der Waals surface area contributed by atoms with Gasteiger partial charge in [0.05, 0.1) is 33.1 Å². The van der Waals surface area contributed by atoms with Gasteiger partial charge in [-0.1, -0.05) is 218 Å². The number of hydrogen-bond acceptors (Lipinski definition) is 2. The highest BCUT2D eigenvalue weighted by molar-refractivity contribution is 6.38. The van der Waals surface area contributed by atoms with Crippen molar-refractivity contribution in [2.45, 2.75) is 0 Å². The molecule has 4 heterocycles. The van der Waals surface area contributed by atoms with E-state index in [2.05, 4.69) is 316 Å². The Hall–Kier alpha value is -11.1. The maximum atomic E-state index is 3.69. The summed E-state index contributed by atoms with van der Waals surface area (Å²) in [4.78, 5) is 4.78. The smallest absolute Gasteiger partial charge is 0.0640 e. The molecule has 0 fully saturated rings. The number of anilines is 6. The third-order valence-corrected chi connectivity index (χ3v) is 17.0. The molecule has 0 saturated carbocycles. The summed E-state index contributed by atoms with van der Waals surface area (Å²) in [6.45, 7) is 0. The van der Waals surface area contributed by atoms with Crippen LogP contribution in [0.2, 0.25) is 0 Å². The Morgan fingerprint density at radius 1 is 0.256 bits per heavy atom. The number of rotatable bonds is 10. The summed E-state index contributed by atoms with van der Waals surface area (Å²) in [6, 6.07) is 113. The average molecular weight is 1040 g/mol. The Morgan fingerprint density at radius 2 is 0.634 bits per heavy atom. The van der Waals surface area contributed by atoms with Gasteiger partial charge >= 0.3 is 0 Å². The molecule has 0 atom stereocenters. The van der Waals surface area contributed by atoms with Crippen LogP contribution in [0.25, 0.3) is 121 Å². The van der Waals surface area contributed by atoms with E-state index in [1.807, 2.05) is 6.07 Å². The summed E-state index contributed by atoms with van der Waals surface area (Å²) in [5.41, 5.74) is 22.8. The molecule has 0 aliphatic carbocycles. The average Bonchev–Trinajstić information content (AvgIpc) is 1.88. The molecule has 0 saturated heterocycles. The molecule has 17 rings (SSSR count). The fourth-order valence-corrected chi connectivity index (χ4v) is 13.5. The van der Waals surface area contributed by atoms with Crippen LogP contribution in [0.5, 0.6) is 0 Å². The molecule has 0 unspecified atom stereocenters. The molecule has 0 N–H and O–H groups in total. The maximum Gasteiger partial charge on any atom is 0.0640 e. The molecular weight excluding hydrogens is 993 g/mol. The van der Waals surface area contributed by atoms with Crippen LogP contribution >= 0.6 is 0 Å². The molecule has 17 aromatic rings. The lowest BCUT2D eigenvalue weighted by Crippen LogP contribution is -2.09. The van der Waals surface area contributed by atoms with E-state index in [0.29, 0.717) is 0 Å². The highest BCUT2D eigenvalue weighted by Gasteiger charge is 2.31. The Morgan fingerprint density at radius 3 is 1.09 bits per heavy atom. The minimum absolute atomic E-state index is 1.000. The second-order valence-corrected chi connectivity index (χ2v) is 21.4. The van der Waals surface area contributed by atoms with Gasteiger partial charge in [0.1, 0.15) is 0 Å². The summed E-state index contributed by atoms with van der Waals surface area (Å²) in [7, 11) is 0. The molecule has 4 nitrogen and oxygen atoms in total. The summed E-state index contributed by atoms with van der Waals surface area (Å²) < 4.78 is 5.19. The second kappa shape index (κ2) is 18.2. The molecule has 0 radical (unpaired) electrons. The number of nitrogens with zero attached hydrogens (tertiary/aromatic N) is 4. The summed E-state index contributed by atoms with van der Waals surface area (Å²) in [5.74, 6) is 0. The molecule has 380 valence electrons. The van der Waals surface area contributed by atoms with Gasteiger partial charge in [-0.3, -0.25) is 0 Å². The topological polar surface area (TPSA) is 15.3 Å². The molecule has 82 heavy (non-hydrogen) atoms. The largest absolute Gasteiger partial charge is 0.310 e. The van der Waals surface area contributed by atoms with E-state index in [1.54, 1.807) is 0 Å². The van der Waals surface area contributed by atoms with Crippen LogP contribution in [0, 0.1) is 12.1 Å². The van der Waals surface area contributed by atoms with Crippen molar-refractivity contribution in [1.82, 2.24) is 8.80 Å². The predicted octanol–water partition coefficient (Wildman–Crippen LogP) is 21.2. The van der Waals surface area contributed by atoms with Crippen LogP contribution in [-0.4, -0.2) is 8.80 Å². The normalized spacial score (nSPS) is 11.8. The zero-order chi connectivity index (χ0) is 53.8. The van der Waals surface area contributed by atoms with E-state index in [-0.39, 0.29) is 0 Å². The van der Waals surface area contributed by atoms with Gasteiger partial charge in [-0.05, 0) is 113 Å². The van der Waals surface area contributed by atoms with Crippen LogP contribution in [0.4, 0.5) is 34.1 Å². The fourth-order valence-electron chi connectivity index (χ4n) is 13.5. The van der Waals surface area contributed by atoms with E-state index in [9.17, 15) is 0 Å². The van der Waals surface area contributed by atoms with Crippen LogP contribution in [0.1, 0.15) is 0 Å². The van der Waals surface area contributed by atoms with Gasteiger partial charge in [0.25, 0.3) is 0 Å². The first-order chi connectivity index (χ1) is 40.7. The molecule has 0 amide bonds. The van der Waals surface area contributed by atoms with Gasteiger partial charge in [-0.15, -0.1) is 0 Å². The minimum Gasteiger partial charge on any atom is -0.310 e. The number of para-hydroxylation sites is 4. The van der Waals surface area contributed by atoms with Crippen LogP contribution in [0.3, 0.4) is 0 Å². The van der Waals surface area contributed by atoms with E-state index in [0.717, 1.165) is 67.4 Å². The van der Waals surface area contributed by atoms with Gasteiger partial charge < -0.3 is 18.6 Å². The van der Waals surface area contributed by atoms with Crippen molar-refractivity contribution in [3.05, 3.63) is 303 Å². The second-order valence-electron chi connectivity index (χ2n) is 21.4. The summed E-state index contributed by atoms with van der Waals surface area (Å²) in [6.07, 6.45) is 0. The van der Waals surface area contributed by atoms with Gasteiger partial charge in [-0.25, -0.2) is 0 Å². The number of aromatic nitrogens is 2. The van der Waals surface area contributed by atoms with Crippen molar-refractivity contribution in [2.75, 3.05) is 9.80 Å². The first kappa shape index (κ1) is 45.9. The minimum atomic E-state index is 1.000. The SMILES string of the molecule is c1cccc(-c2c3c4cccc5c6ccc(N(c7ccccc7)c7ccc(-c8ccccc8)cc7)cc6n(c3c(-c3ccccc3)c3c6cccc7c8ccc(N(c9ccccc9)c9ccc(-c%10ccccc%10)cc9)cc8n(c23)c76)c54)c#1. The van der Waals surface area contributed by atoms with Crippen molar-refractivity contribution in [3.63, 3.8) is 0 Å². The zero-order valence-corrected chi connectivity index (χ0v) is 44.5. The van der Waals surface area contributed by atoms with Crippen molar-refractivity contribution >= 4 is 110 Å². The lowest BCUT2D eigenvalue weighted by Gasteiger charge is -2.26. The van der Waals surface area contributed by atoms with Crippen molar-refractivity contribution < 1.29 is 0 Å². The Labute approximate surface area is 474 Å². The summed E-state index contributed by atoms with van der Waals surface area (Å²) >= 11 is 0. The van der Waals surface area contributed by atoms with Crippen molar-refractivity contribution in [3.8, 4) is 44.5 Å². The molecule has 4 aromatic heterocycles. The quantitative estimate of drug-likeness (QED) is 0.136. The van der Waals surface area contributed by atoms with Crippen molar-refractivity contribution in [1.29, 1.82) is 0 Å². The molecule has 0 aliphatic rings. The van der Waals surface area contributed by atoms with E-state index >= 15 is 0 Å². The van der Waals surface area contributed by atoms with Crippen LogP contribution in [0.15, 0.2) is 291 Å². The lowest BCUT2D eigenvalue weighted by molar-refractivity contribution is 1.28. The zero-order valence-electron chi connectivity index (χ0n) is 44.5. The summed E-state index contributed by atoms with van der Waals surface area (Å²) in [5, 5.41) is 9.68. The highest BCUT2D eigenvalue weighted by atomic mass is 15.1. The maximum absolute atomic E-state index is 3.69. The highest BCUT2D eigenvalue weighted by Crippen LogP contribution is 2.55. The number of hydrogen-bond donors (Lipinski definition) is 0. The fraction of sp³-hybridized carbons (Fsp3) is 0. The van der Waals surface area contributed by atoms with E-state index in [1.165, 1.54) is 87.5 Å². The molecular formula is C78H48N4. The van der Waals surface area contributed by atoms with E-state index in [4.69, 9.17) is 0 Å². The first-order valence-electron chi connectivity index (χ1n) is 28.1. The van der Waals surface area contributed by atoms with Crippen molar-refractivity contribution in [2.24, 2.45) is 0 Å². The Kier molecular flexibility index (Phi) is 10.2. The van der Waals surface area contributed by atoms with Crippen LogP contribution < -0.4 is 9.80 Å². The number of fused-ring (bicyclic) bond motifs is 12. The molecule has 0 bridgehead atoms. The molecule has 0 spiro atoms. The predicted molar refractivity (Wildman–Crippen MR) is 345 cm³/mol. The monoisotopic (exact) mass is 1040 g/mol. The van der Waals surface area contributed by atoms with E-state index < -0.39 is 0 Å². The third kappa shape index (κ3) is 6.87. The Bertz CT molecular complexity index is 4880. The van der Waals surface area contributed by atoms with Gasteiger partial charge in [0.15, 0.2) is 0 Å². The Balaban J connectivity index is 0.978. The first-order valence-corrected chi connectivity index (χ1v) is 28.1. The molecule has 13 aromatic carbocycles. The third-order valence-electron chi connectivity index (χ3n) is 17.0. The van der Waals surface area contributed by atoms with Gasteiger partial charge in [0.2, 0.25) is 0 Å². The van der Waals surface area contributed by atoms with Crippen LogP contribution in [-0.2, 0) is 0 Å². The standard InChI is InChI=1S/C78H48N4/c1-7-21-51(22-8-1)53-37-41-59(42-38-53)79(57-29-15-5-16-30-57)61-45-47-63-65-33-19-35-67-73-72(56-27-13-4-14-28-56)78-74(71(55-25-11-3-12-26-55)77(73)81(75(65)67)69(63)49-61)68-36-20-34-66-64-48-46-62(50-70(64)82(78)76(66)68)80(58-31-17-6-18-32-58)60-43-39-54(40-44-60)52-23-9-2-10-24-52/h1-13,15-27,29-50H. The van der Waals surface area contributed by atoms with Gasteiger partial charge in [-0.2, -0.15) is 0 Å². The van der Waals surface area contributed by atoms with Gasteiger partial charge in [0, 0.05) is 93.9 Å². The number of benzene rings is 12. The molecule has 4 heteroatoms. The lowest BCUT2D eigenvalue weighted by atomic mass is 9.89.